The van der Waals surface area contributed by atoms with Crippen molar-refractivity contribution in [1.29, 1.82) is 5.26 Å². The van der Waals surface area contributed by atoms with Gasteiger partial charge in [0.1, 0.15) is 0 Å². The van der Waals surface area contributed by atoms with Crippen molar-refractivity contribution in [3.63, 3.8) is 0 Å². The lowest BCUT2D eigenvalue weighted by molar-refractivity contribution is -0.129. The van der Waals surface area contributed by atoms with E-state index in [1.54, 1.807) is 11.9 Å². The largest absolute Gasteiger partial charge is 0.365 e. The van der Waals surface area contributed by atoms with Gasteiger partial charge in [0.05, 0.1) is 6.07 Å². The molecule has 0 saturated carbocycles. The molecule has 1 amide bonds. The maximum absolute atomic E-state index is 11.4. The Labute approximate surface area is 89.5 Å². The van der Waals surface area contributed by atoms with E-state index >= 15 is 0 Å². The van der Waals surface area contributed by atoms with Crippen molar-refractivity contribution in [2.24, 2.45) is 0 Å². The number of hydrogen-bond acceptors (Lipinski definition) is 2. The van der Waals surface area contributed by atoms with Crippen molar-refractivity contribution < 1.29 is 4.79 Å². The van der Waals surface area contributed by atoms with Crippen LogP contribution >= 0.6 is 0 Å². The van der Waals surface area contributed by atoms with E-state index in [1.165, 1.54) is 0 Å². The number of aromatic nitrogens is 1. The fraction of sp³-hybridized carbons (Fsp3) is 0.455. The van der Waals surface area contributed by atoms with Gasteiger partial charge in [0.15, 0.2) is 0 Å². The molecule has 15 heavy (non-hydrogen) atoms. The summed E-state index contributed by atoms with van der Waals surface area (Å²) in [4.78, 5) is 16.2. The first-order valence-electron chi connectivity index (χ1n) is 4.97. The Morgan fingerprint density at radius 1 is 1.67 bits per heavy atom. The summed E-state index contributed by atoms with van der Waals surface area (Å²) in [5.41, 5.74) is 1.12. The van der Waals surface area contributed by atoms with Gasteiger partial charge in [-0.15, -0.1) is 0 Å². The predicted molar refractivity (Wildman–Crippen MR) is 57.0 cm³/mol. The van der Waals surface area contributed by atoms with E-state index in [9.17, 15) is 4.79 Å². The first-order chi connectivity index (χ1) is 7.24. The molecular weight excluding hydrogens is 190 g/mol. The summed E-state index contributed by atoms with van der Waals surface area (Å²) in [5.74, 6) is 0.0307. The van der Waals surface area contributed by atoms with Crippen molar-refractivity contribution in [2.45, 2.75) is 19.3 Å². The van der Waals surface area contributed by atoms with Crippen molar-refractivity contribution in [1.82, 2.24) is 9.88 Å². The Hall–Kier alpha value is -1.76. The molecule has 0 aliphatic heterocycles. The monoisotopic (exact) mass is 205 g/mol. The number of carbonyl (C=O) groups is 1. The molecule has 0 spiro atoms. The number of rotatable bonds is 5. The molecule has 0 radical (unpaired) electrons. The zero-order valence-electron chi connectivity index (χ0n) is 8.86. The van der Waals surface area contributed by atoms with Gasteiger partial charge in [-0.2, -0.15) is 5.26 Å². The predicted octanol–water partition coefficient (Wildman–Crippen LogP) is 1.32. The van der Waals surface area contributed by atoms with Gasteiger partial charge < -0.3 is 9.88 Å². The number of nitrogens with one attached hydrogen (secondary N) is 1. The number of aromatic amines is 1. The van der Waals surface area contributed by atoms with Crippen molar-refractivity contribution >= 4 is 5.91 Å². The van der Waals surface area contributed by atoms with Crippen LogP contribution in [0.15, 0.2) is 18.3 Å². The summed E-state index contributed by atoms with van der Waals surface area (Å²) in [6.07, 6.45) is 3.30. The molecule has 0 fully saturated rings. The molecular formula is C11H15N3O. The van der Waals surface area contributed by atoms with Crippen LogP contribution in [0.2, 0.25) is 0 Å². The molecule has 4 heteroatoms. The quantitative estimate of drug-likeness (QED) is 0.788. The van der Waals surface area contributed by atoms with Gasteiger partial charge in [0, 0.05) is 44.7 Å². The standard InChI is InChI=1S/C11H15N3O/c1-14(11(15)5-2-7-12)9-6-10-4-3-8-13-10/h3-4,8,13H,2,5-6,9H2,1H3. The third-order valence-electron chi connectivity index (χ3n) is 2.26. The average molecular weight is 205 g/mol. The summed E-state index contributed by atoms with van der Waals surface area (Å²) in [7, 11) is 1.77. The number of H-pyrrole nitrogens is 1. The fourth-order valence-corrected chi connectivity index (χ4v) is 1.29. The summed E-state index contributed by atoms with van der Waals surface area (Å²) < 4.78 is 0. The highest BCUT2D eigenvalue weighted by Gasteiger charge is 2.07. The second kappa shape index (κ2) is 5.86. The highest BCUT2D eigenvalue weighted by atomic mass is 16.2. The van der Waals surface area contributed by atoms with E-state index in [4.69, 9.17) is 5.26 Å². The zero-order chi connectivity index (χ0) is 11.1. The second-order valence-corrected chi connectivity index (χ2v) is 3.42. The minimum Gasteiger partial charge on any atom is -0.365 e. The Bertz CT molecular complexity index is 337. The van der Waals surface area contributed by atoms with Crippen molar-refractivity contribution in [3.8, 4) is 6.07 Å². The lowest BCUT2D eigenvalue weighted by atomic mass is 10.2. The van der Waals surface area contributed by atoms with Gasteiger partial charge in [-0.05, 0) is 12.1 Å². The number of nitrogens with zero attached hydrogens (tertiary/aromatic N) is 2. The fourth-order valence-electron chi connectivity index (χ4n) is 1.29. The molecule has 1 aromatic rings. The van der Waals surface area contributed by atoms with E-state index in [1.807, 2.05) is 24.4 Å². The van der Waals surface area contributed by atoms with E-state index in [0.29, 0.717) is 19.4 Å². The molecule has 0 aliphatic rings. The molecule has 0 aliphatic carbocycles. The van der Waals surface area contributed by atoms with E-state index in [-0.39, 0.29) is 5.91 Å². The van der Waals surface area contributed by atoms with Gasteiger partial charge in [0.2, 0.25) is 5.91 Å². The van der Waals surface area contributed by atoms with Crippen LogP contribution in [0, 0.1) is 11.3 Å². The summed E-state index contributed by atoms with van der Waals surface area (Å²) in [5, 5.41) is 8.35. The SMILES string of the molecule is CN(CCc1ccc[nH]1)C(=O)CCC#N. The Kier molecular flexibility index (Phi) is 4.42. The number of amides is 1. The normalized spacial score (nSPS) is 9.60. The van der Waals surface area contributed by atoms with E-state index in [0.717, 1.165) is 12.1 Å². The Balaban J connectivity index is 2.27. The van der Waals surface area contributed by atoms with E-state index in [2.05, 4.69) is 4.98 Å². The molecule has 0 atom stereocenters. The lowest BCUT2D eigenvalue weighted by Gasteiger charge is -2.15. The molecule has 80 valence electrons. The maximum atomic E-state index is 11.4. The highest BCUT2D eigenvalue weighted by Crippen LogP contribution is 1.99. The van der Waals surface area contributed by atoms with E-state index < -0.39 is 0 Å². The molecule has 0 bridgehead atoms. The van der Waals surface area contributed by atoms with Crippen LogP contribution in [0.5, 0.6) is 0 Å². The minimum absolute atomic E-state index is 0.0307. The van der Waals surface area contributed by atoms with Gasteiger partial charge in [-0.3, -0.25) is 4.79 Å². The number of likely N-dealkylation sites (N-methyl/N-ethyl adjacent to an activating group) is 1. The van der Waals surface area contributed by atoms with Crippen LogP contribution in [0.1, 0.15) is 18.5 Å². The number of nitriles is 1. The van der Waals surface area contributed by atoms with Crippen LogP contribution < -0.4 is 0 Å². The van der Waals surface area contributed by atoms with Crippen LogP contribution in [-0.2, 0) is 11.2 Å². The minimum atomic E-state index is 0.0307. The summed E-state index contributed by atoms with van der Waals surface area (Å²) in [6.45, 7) is 0.685. The Morgan fingerprint density at radius 2 is 2.47 bits per heavy atom. The maximum Gasteiger partial charge on any atom is 0.223 e. The molecule has 0 unspecified atom stereocenters. The number of hydrogen-bond donors (Lipinski definition) is 1. The van der Waals surface area contributed by atoms with Crippen LogP contribution in [0.4, 0.5) is 0 Å². The first kappa shape index (κ1) is 11.3. The lowest BCUT2D eigenvalue weighted by Crippen LogP contribution is -2.28. The zero-order valence-corrected chi connectivity index (χ0v) is 8.86. The highest BCUT2D eigenvalue weighted by molar-refractivity contribution is 5.76. The summed E-state index contributed by atoms with van der Waals surface area (Å²) >= 11 is 0. The van der Waals surface area contributed by atoms with Crippen molar-refractivity contribution in [3.05, 3.63) is 24.0 Å². The van der Waals surface area contributed by atoms with Crippen LogP contribution in [-0.4, -0.2) is 29.4 Å². The molecule has 1 heterocycles. The average Bonchev–Trinajstić information content (AvgIpc) is 2.75. The summed E-state index contributed by atoms with van der Waals surface area (Å²) in [6, 6.07) is 5.90. The molecule has 4 nitrogen and oxygen atoms in total. The third-order valence-corrected chi connectivity index (χ3v) is 2.26. The first-order valence-corrected chi connectivity index (χ1v) is 4.97. The van der Waals surface area contributed by atoms with Crippen LogP contribution in [0.25, 0.3) is 0 Å². The molecule has 0 saturated heterocycles. The number of carbonyl (C=O) groups excluding carboxylic acids is 1. The van der Waals surface area contributed by atoms with Crippen LogP contribution in [0.3, 0.4) is 0 Å². The van der Waals surface area contributed by atoms with Gasteiger partial charge >= 0.3 is 0 Å². The topological polar surface area (TPSA) is 59.9 Å². The van der Waals surface area contributed by atoms with Gasteiger partial charge in [-0.1, -0.05) is 0 Å². The molecule has 1 aromatic heterocycles. The van der Waals surface area contributed by atoms with Crippen molar-refractivity contribution in [2.75, 3.05) is 13.6 Å². The van der Waals surface area contributed by atoms with Gasteiger partial charge in [-0.25, -0.2) is 0 Å². The second-order valence-electron chi connectivity index (χ2n) is 3.42. The third kappa shape index (κ3) is 3.86. The van der Waals surface area contributed by atoms with Gasteiger partial charge in [0.25, 0.3) is 0 Å². The molecule has 0 aromatic carbocycles. The molecule has 1 N–H and O–H groups in total. The smallest absolute Gasteiger partial charge is 0.223 e. The Morgan fingerprint density at radius 3 is 3.07 bits per heavy atom. The molecule has 1 rings (SSSR count).